The number of ether oxygens (including phenoxy) is 1. The van der Waals surface area contributed by atoms with Crippen LogP contribution in [0.1, 0.15) is 25.7 Å². The van der Waals surface area contributed by atoms with Crippen LogP contribution in [0.5, 0.6) is 0 Å². The third kappa shape index (κ3) is 1.87. The van der Waals surface area contributed by atoms with E-state index >= 15 is 0 Å². The molecule has 1 fully saturated rings. The quantitative estimate of drug-likeness (QED) is 0.595. The minimum Gasteiger partial charge on any atom is -0.431 e. The lowest BCUT2D eigenvalue weighted by molar-refractivity contribution is -0.149. The van der Waals surface area contributed by atoms with Crippen molar-refractivity contribution in [2.45, 2.75) is 31.8 Å². The molecular formula is C11H14O3. The molecule has 2 rings (SSSR count). The van der Waals surface area contributed by atoms with Crippen LogP contribution in [-0.4, -0.2) is 17.2 Å². The highest BCUT2D eigenvalue weighted by molar-refractivity contribution is 5.72. The second-order valence-corrected chi connectivity index (χ2v) is 3.78. The fourth-order valence-electron chi connectivity index (χ4n) is 1.96. The van der Waals surface area contributed by atoms with Crippen LogP contribution >= 0.6 is 0 Å². The van der Waals surface area contributed by atoms with Crippen LogP contribution in [0.25, 0.3) is 0 Å². The minimum absolute atomic E-state index is 0.0117. The Morgan fingerprint density at radius 2 is 2.36 bits per heavy atom. The zero-order valence-corrected chi connectivity index (χ0v) is 7.98. The molecule has 1 heterocycles. The van der Waals surface area contributed by atoms with Gasteiger partial charge in [0, 0.05) is 5.92 Å². The molecule has 0 spiro atoms. The Morgan fingerprint density at radius 1 is 1.50 bits per heavy atom. The molecule has 76 valence electrons. The van der Waals surface area contributed by atoms with Crippen LogP contribution in [0.2, 0.25) is 0 Å². The Bertz CT molecular complexity index is 291. The number of allylic oxidation sites excluding steroid dienone is 3. The van der Waals surface area contributed by atoms with E-state index in [2.05, 4.69) is 6.08 Å². The van der Waals surface area contributed by atoms with Crippen molar-refractivity contribution < 1.29 is 14.6 Å². The summed E-state index contributed by atoms with van der Waals surface area (Å²) in [6.45, 7) is 0. The summed E-state index contributed by atoms with van der Waals surface area (Å²) in [6.07, 6.45) is 8.27. The number of carbonyl (C=O) groups excluding carboxylic acids is 1. The number of carbonyl (C=O) groups is 1. The second kappa shape index (κ2) is 3.96. The van der Waals surface area contributed by atoms with Gasteiger partial charge in [0.1, 0.15) is 5.76 Å². The Balaban J connectivity index is 2.22. The number of aliphatic hydroxyl groups is 1. The monoisotopic (exact) mass is 194 g/mol. The van der Waals surface area contributed by atoms with E-state index in [0.717, 1.165) is 19.3 Å². The van der Waals surface area contributed by atoms with Crippen molar-refractivity contribution in [2.75, 3.05) is 0 Å². The maximum atomic E-state index is 11.1. The summed E-state index contributed by atoms with van der Waals surface area (Å²) < 4.78 is 5.11. The third-order valence-corrected chi connectivity index (χ3v) is 2.72. The van der Waals surface area contributed by atoms with E-state index in [1.165, 1.54) is 0 Å². The molecule has 2 atom stereocenters. The van der Waals surface area contributed by atoms with E-state index in [-0.39, 0.29) is 18.3 Å². The van der Waals surface area contributed by atoms with Gasteiger partial charge >= 0.3 is 5.97 Å². The summed E-state index contributed by atoms with van der Waals surface area (Å²) in [5.74, 6) is 0.316. The van der Waals surface area contributed by atoms with Gasteiger partial charge in [-0.3, -0.25) is 4.79 Å². The van der Waals surface area contributed by atoms with Crippen molar-refractivity contribution in [1.29, 1.82) is 0 Å². The Labute approximate surface area is 83.1 Å². The van der Waals surface area contributed by atoms with Crippen LogP contribution in [0, 0.1) is 5.92 Å². The smallest absolute Gasteiger partial charge is 0.313 e. The van der Waals surface area contributed by atoms with Crippen LogP contribution < -0.4 is 0 Å². The molecule has 1 aliphatic carbocycles. The van der Waals surface area contributed by atoms with Gasteiger partial charge in [0.15, 0.2) is 0 Å². The highest BCUT2D eigenvalue weighted by atomic mass is 16.5. The van der Waals surface area contributed by atoms with Crippen molar-refractivity contribution in [3.63, 3.8) is 0 Å². The molecule has 0 aromatic heterocycles. The van der Waals surface area contributed by atoms with Crippen molar-refractivity contribution in [1.82, 2.24) is 0 Å². The summed E-state index contributed by atoms with van der Waals surface area (Å²) in [6, 6.07) is 0. The molecule has 2 aliphatic rings. The molecule has 3 heteroatoms. The summed E-state index contributed by atoms with van der Waals surface area (Å²) in [4.78, 5) is 11.1. The molecule has 0 radical (unpaired) electrons. The van der Waals surface area contributed by atoms with Crippen LogP contribution in [0.4, 0.5) is 0 Å². The summed E-state index contributed by atoms with van der Waals surface area (Å²) >= 11 is 0. The molecule has 3 nitrogen and oxygen atoms in total. The average Bonchev–Trinajstić information content (AvgIpc) is 2.07. The SMILES string of the molecule is O=C1CC(O)C2CCCC=CC=C2O1. The molecule has 0 aromatic rings. The summed E-state index contributed by atoms with van der Waals surface area (Å²) in [5.41, 5.74) is 0. The second-order valence-electron chi connectivity index (χ2n) is 3.78. The molecule has 0 saturated carbocycles. The lowest BCUT2D eigenvalue weighted by Crippen LogP contribution is -2.33. The van der Waals surface area contributed by atoms with Crippen LogP contribution in [-0.2, 0) is 9.53 Å². The number of hydrogen-bond donors (Lipinski definition) is 1. The summed E-state index contributed by atoms with van der Waals surface area (Å²) in [5, 5.41) is 9.73. The van der Waals surface area contributed by atoms with Gasteiger partial charge in [-0.1, -0.05) is 12.2 Å². The first-order chi connectivity index (χ1) is 6.77. The zero-order chi connectivity index (χ0) is 9.97. The van der Waals surface area contributed by atoms with Gasteiger partial charge in [-0.15, -0.1) is 0 Å². The predicted octanol–water partition coefficient (Wildman–Crippen LogP) is 1.53. The van der Waals surface area contributed by atoms with E-state index in [9.17, 15) is 9.90 Å². The van der Waals surface area contributed by atoms with Gasteiger partial charge in [-0.25, -0.2) is 0 Å². The number of hydrogen-bond acceptors (Lipinski definition) is 3. The van der Waals surface area contributed by atoms with Crippen molar-refractivity contribution >= 4 is 5.97 Å². The van der Waals surface area contributed by atoms with Gasteiger partial charge in [0.25, 0.3) is 0 Å². The lowest BCUT2D eigenvalue weighted by Gasteiger charge is -2.29. The molecule has 14 heavy (non-hydrogen) atoms. The highest BCUT2D eigenvalue weighted by Crippen LogP contribution is 2.30. The first kappa shape index (κ1) is 9.46. The van der Waals surface area contributed by atoms with Crippen molar-refractivity contribution in [3.8, 4) is 0 Å². The first-order valence-corrected chi connectivity index (χ1v) is 5.03. The van der Waals surface area contributed by atoms with Gasteiger partial charge in [0.05, 0.1) is 12.5 Å². The van der Waals surface area contributed by atoms with E-state index in [4.69, 9.17) is 4.74 Å². The van der Waals surface area contributed by atoms with E-state index in [1.54, 1.807) is 6.08 Å². The normalized spacial score (nSPS) is 32.4. The standard InChI is InChI=1S/C11H14O3/c12-9-7-11(13)14-10-6-4-2-1-3-5-8(9)10/h2,4,6,8-9,12H,1,3,5,7H2. The number of fused-ring (bicyclic) bond motifs is 1. The molecule has 0 bridgehead atoms. The minimum atomic E-state index is -0.561. The summed E-state index contributed by atoms with van der Waals surface area (Å²) in [7, 11) is 0. The largest absolute Gasteiger partial charge is 0.431 e. The maximum absolute atomic E-state index is 11.1. The lowest BCUT2D eigenvalue weighted by atomic mass is 9.88. The number of aliphatic hydroxyl groups excluding tert-OH is 1. The zero-order valence-electron chi connectivity index (χ0n) is 7.98. The fraction of sp³-hybridized carbons (Fsp3) is 0.545. The molecule has 0 amide bonds. The van der Waals surface area contributed by atoms with E-state index in [1.807, 2.05) is 6.08 Å². The molecular weight excluding hydrogens is 180 g/mol. The average molecular weight is 194 g/mol. The fourth-order valence-corrected chi connectivity index (χ4v) is 1.96. The Hall–Kier alpha value is -1.09. The third-order valence-electron chi connectivity index (χ3n) is 2.72. The topological polar surface area (TPSA) is 46.5 Å². The first-order valence-electron chi connectivity index (χ1n) is 5.03. The molecule has 1 N–H and O–H groups in total. The molecule has 0 aromatic carbocycles. The Morgan fingerprint density at radius 3 is 3.21 bits per heavy atom. The van der Waals surface area contributed by atoms with E-state index < -0.39 is 6.10 Å². The highest BCUT2D eigenvalue weighted by Gasteiger charge is 2.33. The van der Waals surface area contributed by atoms with Crippen LogP contribution in [0.15, 0.2) is 24.0 Å². The molecule has 2 unspecified atom stereocenters. The Kier molecular flexibility index (Phi) is 2.68. The molecule has 1 aliphatic heterocycles. The number of rotatable bonds is 0. The van der Waals surface area contributed by atoms with Crippen LogP contribution in [0.3, 0.4) is 0 Å². The van der Waals surface area contributed by atoms with Gasteiger partial charge in [0.2, 0.25) is 0 Å². The van der Waals surface area contributed by atoms with E-state index in [0.29, 0.717) is 5.76 Å². The molecule has 1 saturated heterocycles. The van der Waals surface area contributed by atoms with Crippen molar-refractivity contribution in [3.05, 3.63) is 24.0 Å². The number of esters is 1. The van der Waals surface area contributed by atoms with Crippen molar-refractivity contribution in [2.24, 2.45) is 5.92 Å². The predicted molar refractivity (Wildman–Crippen MR) is 51.3 cm³/mol. The maximum Gasteiger partial charge on any atom is 0.313 e. The van der Waals surface area contributed by atoms with Gasteiger partial charge in [-0.2, -0.15) is 0 Å². The van der Waals surface area contributed by atoms with Gasteiger partial charge < -0.3 is 9.84 Å². The van der Waals surface area contributed by atoms with Gasteiger partial charge in [-0.05, 0) is 25.3 Å².